The van der Waals surface area contributed by atoms with Gasteiger partial charge in [-0.05, 0) is 36.1 Å². The lowest BCUT2D eigenvalue weighted by molar-refractivity contribution is -0.131. The van der Waals surface area contributed by atoms with E-state index in [9.17, 15) is 9.59 Å². The number of halogens is 1. The number of carbonyl (C=O) groups excluding carboxylic acids is 1. The number of carboxylic acid groups (broad SMARTS) is 1. The standard InChI is InChI=1S/C14H15BrO3/c1-3-10-4-5-11(6-7-13(17)18)12(8-10)14(15)9(2)16/h4-8,14H,3H2,1-2H3,(H,17,18). The normalized spacial score (nSPS) is 12.6. The number of hydrogen-bond donors (Lipinski definition) is 1. The van der Waals surface area contributed by atoms with Crippen molar-refractivity contribution < 1.29 is 14.7 Å². The van der Waals surface area contributed by atoms with E-state index in [1.54, 1.807) is 0 Å². The Hall–Kier alpha value is -1.42. The van der Waals surface area contributed by atoms with E-state index in [0.717, 1.165) is 29.2 Å². The summed E-state index contributed by atoms with van der Waals surface area (Å²) in [4.78, 5) is 21.6. The maximum atomic E-state index is 11.4. The third kappa shape index (κ3) is 3.81. The second-order valence-electron chi connectivity index (χ2n) is 3.96. The van der Waals surface area contributed by atoms with Gasteiger partial charge in [0.2, 0.25) is 0 Å². The highest BCUT2D eigenvalue weighted by Gasteiger charge is 2.16. The van der Waals surface area contributed by atoms with Crippen LogP contribution in [-0.4, -0.2) is 16.9 Å². The summed E-state index contributed by atoms with van der Waals surface area (Å²) >= 11 is 3.34. The lowest BCUT2D eigenvalue weighted by Gasteiger charge is -2.12. The molecule has 0 fully saturated rings. The molecule has 0 aliphatic heterocycles. The van der Waals surface area contributed by atoms with Gasteiger partial charge in [-0.2, -0.15) is 0 Å². The highest BCUT2D eigenvalue weighted by atomic mass is 79.9. The number of aliphatic carboxylic acids is 1. The molecule has 18 heavy (non-hydrogen) atoms. The molecule has 3 nitrogen and oxygen atoms in total. The highest BCUT2D eigenvalue weighted by Crippen LogP contribution is 2.29. The number of ketones is 1. The molecule has 1 aromatic rings. The SMILES string of the molecule is CCc1ccc(C=CC(=O)O)c(C(Br)C(C)=O)c1. The van der Waals surface area contributed by atoms with E-state index in [1.165, 1.54) is 13.0 Å². The minimum absolute atomic E-state index is 0.00627. The summed E-state index contributed by atoms with van der Waals surface area (Å²) in [6.07, 6.45) is 3.45. The molecular formula is C14H15BrO3. The molecule has 0 aliphatic carbocycles. The Balaban J connectivity index is 3.24. The molecule has 0 aromatic heterocycles. The zero-order valence-electron chi connectivity index (χ0n) is 10.3. The molecule has 1 atom stereocenters. The summed E-state index contributed by atoms with van der Waals surface area (Å²) in [6, 6.07) is 5.71. The molecule has 0 saturated carbocycles. The van der Waals surface area contributed by atoms with Crippen LogP contribution >= 0.6 is 15.9 Å². The maximum absolute atomic E-state index is 11.4. The third-order valence-electron chi connectivity index (χ3n) is 2.59. The molecule has 0 aliphatic rings. The van der Waals surface area contributed by atoms with Crippen molar-refractivity contribution in [2.75, 3.05) is 0 Å². The van der Waals surface area contributed by atoms with Gasteiger partial charge in [0, 0.05) is 6.08 Å². The van der Waals surface area contributed by atoms with Crippen LogP contribution in [0.2, 0.25) is 0 Å². The van der Waals surface area contributed by atoms with Crippen molar-refractivity contribution in [1.82, 2.24) is 0 Å². The van der Waals surface area contributed by atoms with Crippen LogP contribution in [0.5, 0.6) is 0 Å². The highest BCUT2D eigenvalue weighted by molar-refractivity contribution is 9.09. The lowest BCUT2D eigenvalue weighted by atomic mass is 9.98. The number of Topliss-reactive ketones (excluding diaryl/α,β-unsaturated/α-hetero) is 1. The Kier molecular flexibility index (Phi) is 5.28. The Morgan fingerprint density at radius 3 is 2.61 bits per heavy atom. The summed E-state index contributed by atoms with van der Waals surface area (Å²) < 4.78 is 0. The smallest absolute Gasteiger partial charge is 0.328 e. The molecular weight excluding hydrogens is 296 g/mol. The van der Waals surface area contributed by atoms with E-state index in [-0.39, 0.29) is 5.78 Å². The van der Waals surface area contributed by atoms with Crippen LogP contribution < -0.4 is 0 Å². The van der Waals surface area contributed by atoms with Gasteiger partial charge >= 0.3 is 5.97 Å². The van der Waals surface area contributed by atoms with E-state index >= 15 is 0 Å². The molecule has 1 unspecified atom stereocenters. The zero-order chi connectivity index (χ0) is 13.7. The number of rotatable bonds is 5. The Morgan fingerprint density at radius 1 is 1.44 bits per heavy atom. The van der Waals surface area contributed by atoms with Crippen LogP contribution in [0.4, 0.5) is 0 Å². The Labute approximate surface area is 115 Å². The summed E-state index contributed by atoms with van der Waals surface area (Å²) in [5.74, 6) is -1.01. The van der Waals surface area contributed by atoms with Gasteiger partial charge in [0.1, 0.15) is 5.78 Å². The minimum Gasteiger partial charge on any atom is -0.478 e. The maximum Gasteiger partial charge on any atom is 0.328 e. The van der Waals surface area contributed by atoms with Crippen molar-refractivity contribution in [3.05, 3.63) is 41.0 Å². The van der Waals surface area contributed by atoms with Gasteiger partial charge in [-0.25, -0.2) is 4.79 Å². The van der Waals surface area contributed by atoms with Gasteiger partial charge in [-0.3, -0.25) is 4.79 Å². The fraction of sp³-hybridized carbons (Fsp3) is 0.286. The van der Waals surface area contributed by atoms with Crippen LogP contribution in [0.1, 0.15) is 35.4 Å². The molecule has 0 bridgehead atoms. The molecule has 96 valence electrons. The molecule has 1 aromatic carbocycles. The number of hydrogen-bond acceptors (Lipinski definition) is 2. The number of benzene rings is 1. The summed E-state index contributed by atoms with van der Waals surface area (Å²) in [6.45, 7) is 3.53. The van der Waals surface area contributed by atoms with Gasteiger partial charge in [0.15, 0.2) is 0 Å². The summed E-state index contributed by atoms with van der Waals surface area (Å²) in [5, 5.41) is 8.65. The van der Waals surface area contributed by atoms with Crippen molar-refractivity contribution in [2.45, 2.75) is 25.1 Å². The van der Waals surface area contributed by atoms with Crippen LogP contribution in [0.3, 0.4) is 0 Å². The molecule has 0 amide bonds. The zero-order valence-corrected chi connectivity index (χ0v) is 11.9. The first-order chi connectivity index (χ1) is 8.45. The van der Waals surface area contributed by atoms with Crippen LogP contribution in [0.15, 0.2) is 24.3 Å². The van der Waals surface area contributed by atoms with Crippen molar-refractivity contribution >= 4 is 33.8 Å². The second kappa shape index (κ2) is 6.50. The predicted octanol–water partition coefficient (Wildman–Crippen LogP) is 3.37. The first-order valence-electron chi connectivity index (χ1n) is 5.64. The van der Waals surface area contributed by atoms with Crippen LogP contribution in [0, 0.1) is 0 Å². The van der Waals surface area contributed by atoms with Crippen molar-refractivity contribution in [2.24, 2.45) is 0 Å². The van der Waals surface area contributed by atoms with E-state index in [4.69, 9.17) is 5.11 Å². The molecule has 4 heteroatoms. The van der Waals surface area contributed by atoms with Crippen molar-refractivity contribution in [3.63, 3.8) is 0 Å². The summed E-state index contributed by atoms with van der Waals surface area (Å²) in [7, 11) is 0. The average molecular weight is 311 g/mol. The van der Waals surface area contributed by atoms with E-state index in [2.05, 4.69) is 15.9 Å². The quantitative estimate of drug-likeness (QED) is 0.670. The molecule has 0 heterocycles. The Morgan fingerprint density at radius 2 is 2.11 bits per heavy atom. The van der Waals surface area contributed by atoms with Crippen molar-refractivity contribution in [3.8, 4) is 0 Å². The molecule has 0 spiro atoms. The molecule has 1 N–H and O–H groups in total. The summed E-state index contributed by atoms with van der Waals surface area (Å²) in [5.41, 5.74) is 2.66. The monoisotopic (exact) mass is 310 g/mol. The number of carboxylic acids is 1. The first-order valence-corrected chi connectivity index (χ1v) is 6.55. The van der Waals surface area contributed by atoms with Gasteiger partial charge in [-0.15, -0.1) is 0 Å². The number of aryl methyl sites for hydroxylation is 1. The average Bonchev–Trinajstić information content (AvgIpc) is 2.35. The fourth-order valence-corrected chi connectivity index (χ4v) is 1.99. The van der Waals surface area contributed by atoms with Crippen LogP contribution in [-0.2, 0) is 16.0 Å². The Bertz CT molecular complexity index is 492. The van der Waals surface area contributed by atoms with Gasteiger partial charge < -0.3 is 5.11 Å². The van der Waals surface area contributed by atoms with Crippen molar-refractivity contribution in [1.29, 1.82) is 0 Å². The third-order valence-corrected chi connectivity index (χ3v) is 3.73. The first kappa shape index (κ1) is 14.6. The number of alkyl halides is 1. The van der Waals surface area contributed by atoms with Gasteiger partial charge in [-0.1, -0.05) is 41.1 Å². The topological polar surface area (TPSA) is 54.4 Å². The van der Waals surface area contributed by atoms with Crippen LogP contribution in [0.25, 0.3) is 6.08 Å². The lowest BCUT2D eigenvalue weighted by Crippen LogP contribution is -2.04. The molecule has 1 rings (SSSR count). The second-order valence-corrected chi connectivity index (χ2v) is 4.88. The van der Waals surface area contributed by atoms with E-state index in [1.807, 2.05) is 25.1 Å². The minimum atomic E-state index is -1.01. The van der Waals surface area contributed by atoms with E-state index < -0.39 is 10.8 Å². The fourth-order valence-electron chi connectivity index (χ4n) is 1.60. The largest absolute Gasteiger partial charge is 0.478 e. The predicted molar refractivity (Wildman–Crippen MR) is 74.8 cm³/mol. The number of carbonyl (C=O) groups is 2. The van der Waals surface area contributed by atoms with E-state index in [0.29, 0.717) is 0 Å². The molecule has 0 radical (unpaired) electrons. The van der Waals surface area contributed by atoms with Gasteiger partial charge in [0.05, 0.1) is 4.83 Å². The molecule has 0 saturated heterocycles. The van der Waals surface area contributed by atoms with Gasteiger partial charge in [0.25, 0.3) is 0 Å².